The fourth-order valence-electron chi connectivity index (χ4n) is 4.46. The van der Waals surface area contributed by atoms with E-state index in [0.717, 1.165) is 26.3 Å². The molecule has 3 aromatic rings. The highest BCUT2D eigenvalue weighted by molar-refractivity contribution is 5.46. The molecule has 2 aromatic carbocycles. The first-order valence-electron chi connectivity index (χ1n) is 11.0. The number of hydrogen-bond donors (Lipinski definition) is 0. The minimum absolute atomic E-state index is 0.0597. The van der Waals surface area contributed by atoms with Crippen LogP contribution in [0.3, 0.4) is 0 Å². The number of hydrogen-bond acceptors (Lipinski definition) is 5. The van der Waals surface area contributed by atoms with E-state index in [1.807, 2.05) is 17.0 Å². The van der Waals surface area contributed by atoms with Gasteiger partial charge >= 0.3 is 0 Å². The number of halogens is 1. The Kier molecular flexibility index (Phi) is 5.13. The molecular weight excluding hydrogens is 405 g/mol. The minimum Gasteiger partial charge on any atom is -0.487 e. The van der Waals surface area contributed by atoms with Crippen LogP contribution < -0.4 is 9.64 Å². The Labute approximate surface area is 188 Å². The lowest BCUT2D eigenvalue weighted by molar-refractivity contribution is -0.127. The second kappa shape index (κ2) is 7.85. The predicted molar refractivity (Wildman–Crippen MR) is 122 cm³/mol. The first kappa shape index (κ1) is 20.9. The van der Waals surface area contributed by atoms with E-state index in [2.05, 4.69) is 67.1 Å². The van der Waals surface area contributed by atoms with Crippen molar-refractivity contribution < 1.29 is 13.9 Å². The molecule has 2 fully saturated rings. The van der Waals surface area contributed by atoms with Gasteiger partial charge in [-0.05, 0) is 30.2 Å². The van der Waals surface area contributed by atoms with E-state index in [4.69, 9.17) is 9.47 Å². The maximum absolute atomic E-state index is 15.0. The van der Waals surface area contributed by atoms with Crippen molar-refractivity contribution in [3.63, 3.8) is 0 Å². The third kappa shape index (κ3) is 3.73. The molecule has 0 N–H and O–H groups in total. The summed E-state index contributed by atoms with van der Waals surface area (Å²) < 4.78 is 26.1. The molecule has 0 unspecified atom stereocenters. The highest BCUT2D eigenvalue weighted by Crippen LogP contribution is 2.40. The lowest BCUT2D eigenvalue weighted by Gasteiger charge is -2.55. The maximum Gasteiger partial charge on any atom is 0.190 e. The van der Waals surface area contributed by atoms with E-state index in [0.29, 0.717) is 11.6 Å². The number of ether oxygens (including phenoxy) is 2. The van der Waals surface area contributed by atoms with Crippen LogP contribution in [0.4, 0.5) is 10.2 Å². The third-order valence-corrected chi connectivity index (χ3v) is 6.74. The van der Waals surface area contributed by atoms with Gasteiger partial charge in [0.1, 0.15) is 24.4 Å². The molecule has 1 spiro atoms. The van der Waals surface area contributed by atoms with Crippen molar-refractivity contribution in [3.8, 4) is 5.75 Å². The van der Waals surface area contributed by atoms with Gasteiger partial charge in [-0.15, -0.1) is 0 Å². The average molecular weight is 434 g/mol. The molecular formula is C26H28FN3O2. The zero-order valence-corrected chi connectivity index (χ0v) is 18.8. The van der Waals surface area contributed by atoms with Crippen LogP contribution in [0, 0.1) is 18.2 Å². The number of rotatable bonds is 6. The minimum atomic E-state index is -0.403. The average Bonchev–Trinajstić information content (AvgIpc) is 2.72. The predicted octanol–water partition coefficient (Wildman–Crippen LogP) is 4.67. The van der Waals surface area contributed by atoms with Gasteiger partial charge in [0.2, 0.25) is 0 Å². The first-order chi connectivity index (χ1) is 15.4. The smallest absolute Gasteiger partial charge is 0.190 e. The first-order valence-corrected chi connectivity index (χ1v) is 11.0. The molecule has 2 saturated heterocycles. The van der Waals surface area contributed by atoms with Gasteiger partial charge in [-0.25, -0.2) is 14.4 Å². The van der Waals surface area contributed by atoms with Crippen molar-refractivity contribution >= 4 is 5.82 Å². The fraction of sp³-hybridized carbons (Fsp3) is 0.385. The van der Waals surface area contributed by atoms with Crippen molar-refractivity contribution in [1.29, 1.82) is 0 Å². The summed E-state index contributed by atoms with van der Waals surface area (Å²) in [4.78, 5) is 10.2. The number of aryl methyl sites for hydroxylation is 1. The summed E-state index contributed by atoms with van der Waals surface area (Å²) in [6.45, 7) is 9.63. The molecule has 0 saturated carbocycles. The second-order valence-corrected chi connectivity index (χ2v) is 9.61. The standard InChI is InChI=1S/C26H28FN3O2/c1-18-4-6-19(7-5-18)25(2,3)20-8-10-21(11-9-20)32-12-22-23(27)24(29-17-28-22)30-13-26(14-30)15-31-16-26/h4-11,17H,12-16H2,1-3H3. The molecule has 2 aliphatic rings. The van der Waals surface area contributed by atoms with Crippen LogP contribution in [0.2, 0.25) is 0 Å². The van der Waals surface area contributed by atoms with Crippen molar-refractivity contribution in [2.45, 2.75) is 32.8 Å². The Morgan fingerprint density at radius 3 is 2.22 bits per heavy atom. The van der Waals surface area contributed by atoms with Gasteiger partial charge in [-0.1, -0.05) is 55.8 Å². The van der Waals surface area contributed by atoms with Crippen molar-refractivity contribution in [3.05, 3.63) is 83.1 Å². The summed E-state index contributed by atoms with van der Waals surface area (Å²) in [5.74, 6) is 0.633. The Hall–Kier alpha value is -2.99. The van der Waals surface area contributed by atoms with Crippen LogP contribution >= 0.6 is 0 Å². The zero-order chi connectivity index (χ0) is 22.3. The molecule has 5 nitrogen and oxygen atoms in total. The molecule has 32 heavy (non-hydrogen) atoms. The molecule has 0 radical (unpaired) electrons. The van der Waals surface area contributed by atoms with Gasteiger partial charge in [0.15, 0.2) is 11.6 Å². The van der Waals surface area contributed by atoms with Crippen molar-refractivity contribution in [2.75, 3.05) is 31.2 Å². The van der Waals surface area contributed by atoms with E-state index < -0.39 is 5.82 Å². The van der Waals surface area contributed by atoms with Gasteiger partial charge in [0, 0.05) is 18.5 Å². The highest BCUT2D eigenvalue weighted by Gasteiger charge is 2.50. The lowest BCUT2D eigenvalue weighted by Crippen LogP contribution is -2.66. The molecule has 3 heterocycles. The summed E-state index contributed by atoms with van der Waals surface area (Å²) in [6, 6.07) is 16.6. The summed E-state index contributed by atoms with van der Waals surface area (Å²) in [6.07, 6.45) is 1.41. The van der Waals surface area contributed by atoms with Crippen LogP contribution in [-0.2, 0) is 16.8 Å². The molecule has 166 valence electrons. The topological polar surface area (TPSA) is 47.5 Å². The number of benzene rings is 2. The fourth-order valence-corrected chi connectivity index (χ4v) is 4.46. The number of nitrogens with zero attached hydrogens (tertiary/aromatic N) is 3. The Morgan fingerprint density at radius 1 is 1.00 bits per heavy atom. The molecule has 2 aliphatic heterocycles. The van der Waals surface area contributed by atoms with Crippen LogP contribution in [-0.4, -0.2) is 36.3 Å². The van der Waals surface area contributed by atoms with Crippen molar-refractivity contribution in [2.24, 2.45) is 5.41 Å². The van der Waals surface area contributed by atoms with Gasteiger partial charge in [0.25, 0.3) is 0 Å². The summed E-state index contributed by atoms with van der Waals surface area (Å²) in [7, 11) is 0. The molecule has 6 heteroatoms. The quantitative estimate of drug-likeness (QED) is 0.566. The molecule has 0 amide bonds. The van der Waals surface area contributed by atoms with Crippen LogP contribution in [0.1, 0.15) is 36.2 Å². The number of aromatic nitrogens is 2. The van der Waals surface area contributed by atoms with Crippen LogP contribution in [0.15, 0.2) is 54.9 Å². The van der Waals surface area contributed by atoms with E-state index in [1.54, 1.807) is 0 Å². The van der Waals surface area contributed by atoms with Gasteiger partial charge in [-0.3, -0.25) is 0 Å². The normalized spacial score (nSPS) is 17.1. The maximum atomic E-state index is 15.0. The molecule has 0 bridgehead atoms. The Balaban J connectivity index is 1.25. The molecule has 5 rings (SSSR count). The van der Waals surface area contributed by atoms with E-state index >= 15 is 0 Å². The number of anilines is 1. The Bertz CT molecular complexity index is 1100. The zero-order valence-electron chi connectivity index (χ0n) is 18.8. The monoisotopic (exact) mass is 433 g/mol. The summed E-state index contributed by atoms with van der Waals surface area (Å²) >= 11 is 0. The van der Waals surface area contributed by atoms with Gasteiger partial charge in [0.05, 0.1) is 18.6 Å². The molecule has 1 aromatic heterocycles. The Morgan fingerprint density at radius 2 is 1.62 bits per heavy atom. The summed E-state index contributed by atoms with van der Waals surface area (Å²) in [5.41, 5.74) is 4.04. The lowest BCUT2D eigenvalue weighted by atomic mass is 9.78. The second-order valence-electron chi connectivity index (χ2n) is 9.61. The SMILES string of the molecule is Cc1ccc(C(C)(C)c2ccc(OCc3ncnc(N4CC5(COC5)C4)c3F)cc2)cc1. The molecule has 0 aliphatic carbocycles. The third-order valence-electron chi connectivity index (χ3n) is 6.74. The summed E-state index contributed by atoms with van der Waals surface area (Å²) in [5, 5.41) is 0. The van der Waals surface area contributed by atoms with Crippen LogP contribution in [0.25, 0.3) is 0 Å². The van der Waals surface area contributed by atoms with Crippen LogP contribution in [0.5, 0.6) is 5.75 Å². The highest BCUT2D eigenvalue weighted by atomic mass is 19.1. The van der Waals surface area contributed by atoms with Gasteiger partial charge in [-0.2, -0.15) is 0 Å². The van der Waals surface area contributed by atoms with Crippen molar-refractivity contribution in [1.82, 2.24) is 9.97 Å². The van der Waals surface area contributed by atoms with E-state index in [9.17, 15) is 4.39 Å². The van der Waals surface area contributed by atoms with Gasteiger partial charge < -0.3 is 14.4 Å². The van der Waals surface area contributed by atoms with E-state index in [1.165, 1.54) is 23.0 Å². The van der Waals surface area contributed by atoms with E-state index in [-0.39, 0.29) is 23.1 Å². The largest absolute Gasteiger partial charge is 0.487 e. The molecule has 0 atom stereocenters.